The lowest BCUT2D eigenvalue weighted by Gasteiger charge is -2.33. The highest BCUT2D eigenvalue weighted by Gasteiger charge is 2.43. The summed E-state index contributed by atoms with van der Waals surface area (Å²) in [6.07, 6.45) is 2.77. The highest BCUT2D eigenvalue weighted by Crippen LogP contribution is 2.31. The minimum absolute atomic E-state index is 0.0415. The Morgan fingerprint density at radius 2 is 1.48 bits per heavy atom. The summed E-state index contributed by atoms with van der Waals surface area (Å²) in [7, 11) is -3.99. The number of hydrogen-bond donors (Lipinski definition) is 2. The lowest BCUT2D eigenvalue weighted by molar-refractivity contribution is -0.145. The first-order chi connectivity index (χ1) is 12.8. The molecule has 1 aliphatic rings. The number of rotatable bonds is 6. The average Bonchev–Trinajstić information content (AvgIpc) is 2.64. The van der Waals surface area contributed by atoms with Crippen LogP contribution in [0.4, 0.5) is 4.39 Å². The van der Waals surface area contributed by atoms with Gasteiger partial charge in [0.2, 0.25) is 10.0 Å². The van der Waals surface area contributed by atoms with Gasteiger partial charge in [-0.25, -0.2) is 12.8 Å². The molecule has 0 aromatic heterocycles. The average molecular weight is 393 g/mol. The van der Waals surface area contributed by atoms with Crippen molar-refractivity contribution in [3.63, 3.8) is 0 Å². The Morgan fingerprint density at radius 3 is 2.00 bits per heavy atom. The number of carboxylic acids is 1. The summed E-state index contributed by atoms with van der Waals surface area (Å²) >= 11 is 0. The topological polar surface area (TPSA) is 92.7 Å². The summed E-state index contributed by atoms with van der Waals surface area (Å²) in [6, 6.07) is 11.1. The third kappa shape index (κ3) is 4.45. The Morgan fingerprint density at radius 1 is 0.963 bits per heavy atom. The van der Waals surface area contributed by atoms with Crippen molar-refractivity contribution in [3.8, 4) is 11.5 Å². The number of sulfonamides is 1. The van der Waals surface area contributed by atoms with Crippen LogP contribution in [-0.2, 0) is 14.8 Å². The Balaban J connectivity index is 1.76. The second-order valence-corrected chi connectivity index (χ2v) is 8.26. The summed E-state index contributed by atoms with van der Waals surface area (Å²) in [5.74, 6) is -0.740. The normalized spacial score (nSPS) is 16.6. The Hall–Kier alpha value is -2.45. The molecular weight excluding hydrogens is 373 g/mol. The molecule has 3 rings (SSSR count). The maximum absolute atomic E-state index is 12.9. The van der Waals surface area contributed by atoms with E-state index in [-0.39, 0.29) is 23.6 Å². The minimum atomic E-state index is -3.99. The molecule has 0 radical (unpaired) electrons. The van der Waals surface area contributed by atoms with E-state index in [1.807, 2.05) is 0 Å². The number of ether oxygens (including phenoxy) is 1. The van der Waals surface area contributed by atoms with Crippen molar-refractivity contribution >= 4 is 16.0 Å². The first-order valence-corrected chi connectivity index (χ1v) is 10.1. The van der Waals surface area contributed by atoms with Crippen LogP contribution in [0.2, 0.25) is 0 Å². The standard InChI is InChI=1S/C19H20FNO5S/c20-14-4-6-15(7-5-14)26-16-8-10-17(11-9-16)27(24,25)21-19(18(22)23)12-2-1-3-13-19/h4-11,21H,1-3,12-13H2,(H,22,23). The summed E-state index contributed by atoms with van der Waals surface area (Å²) < 4.78 is 46.2. The second-order valence-electron chi connectivity index (χ2n) is 6.58. The van der Waals surface area contributed by atoms with Crippen molar-refractivity contribution in [2.24, 2.45) is 0 Å². The van der Waals surface area contributed by atoms with Gasteiger partial charge in [0.25, 0.3) is 0 Å². The van der Waals surface area contributed by atoms with Gasteiger partial charge in [0.05, 0.1) is 4.90 Å². The smallest absolute Gasteiger partial charge is 0.324 e. The summed E-state index contributed by atoms with van der Waals surface area (Å²) in [5, 5.41) is 9.55. The van der Waals surface area contributed by atoms with Gasteiger partial charge in [-0.15, -0.1) is 0 Å². The van der Waals surface area contributed by atoms with Crippen LogP contribution < -0.4 is 9.46 Å². The minimum Gasteiger partial charge on any atom is -0.480 e. The van der Waals surface area contributed by atoms with Gasteiger partial charge in [-0.3, -0.25) is 4.79 Å². The first kappa shape index (κ1) is 19.3. The Labute approximate surface area is 157 Å². The molecule has 0 heterocycles. The number of aliphatic carboxylic acids is 1. The fourth-order valence-corrected chi connectivity index (χ4v) is 4.57. The molecule has 8 heteroatoms. The predicted octanol–water partition coefficient (Wildman–Crippen LogP) is 3.68. The van der Waals surface area contributed by atoms with Gasteiger partial charge in [-0.05, 0) is 61.4 Å². The molecule has 1 saturated carbocycles. The molecule has 2 aromatic carbocycles. The molecular formula is C19H20FNO5S. The molecule has 0 atom stereocenters. The molecule has 0 amide bonds. The molecule has 0 bridgehead atoms. The predicted molar refractivity (Wildman–Crippen MR) is 96.7 cm³/mol. The van der Waals surface area contributed by atoms with Crippen LogP contribution in [0.1, 0.15) is 32.1 Å². The van der Waals surface area contributed by atoms with Crippen LogP contribution in [0, 0.1) is 5.82 Å². The first-order valence-electron chi connectivity index (χ1n) is 8.62. The fraction of sp³-hybridized carbons (Fsp3) is 0.316. The molecule has 0 unspecified atom stereocenters. The van der Waals surface area contributed by atoms with Crippen molar-refractivity contribution in [1.29, 1.82) is 0 Å². The van der Waals surface area contributed by atoms with Crippen LogP contribution in [0.25, 0.3) is 0 Å². The third-order valence-electron chi connectivity index (χ3n) is 4.63. The van der Waals surface area contributed by atoms with E-state index >= 15 is 0 Å². The van der Waals surface area contributed by atoms with Gasteiger partial charge in [0.15, 0.2) is 0 Å². The van der Waals surface area contributed by atoms with E-state index in [2.05, 4.69) is 4.72 Å². The molecule has 0 spiro atoms. The van der Waals surface area contributed by atoms with Crippen molar-refractivity contribution < 1.29 is 27.4 Å². The van der Waals surface area contributed by atoms with Gasteiger partial charge >= 0.3 is 5.97 Å². The SMILES string of the molecule is O=C(O)C1(NS(=O)(=O)c2ccc(Oc3ccc(F)cc3)cc2)CCCCC1. The molecule has 2 N–H and O–H groups in total. The summed E-state index contributed by atoms with van der Waals surface area (Å²) in [4.78, 5) is 11.7. The largest absolute Gasteiger partial charge is 0.480 e. The lowest BCUT2D eigenvalue weighted by atomic mass is 9.83. The van der Waals surface area contributed by atoms with Gasteiger partial charge in [0, 0.05) is 0 Å². The number of carbonyl (C=O) groups is 1. The maximum Gasteiger partial charge on any atom is 0.324 e. The highest BCUT2D eigenvalue weighted by molar-refractivity contribution is 7.89. The van der Waals surface area contributed by atoms with Crippen LogP contribution >= 0.6 is 0 Å². The lowest BCUT2D eigenvalue weighted by Crippen LogP contribution is -2.55. The third-order valence-corrected chi connectivity index (χ3v) is 6.18. The number of carboxylic acid groups (broad SMARTS) is 1. The van der Waals surface area contributed by atoms with Crippen molar-refractivity contribution in [1.82, 2.24) is 4.72 Å². The van der Waals surface area contributed by atoms with Gasteiger partial charge in [-0.2, -0.15) is 4.72 Å². The highest BCUT2D eigenvalue weighted by atomic mass is 32.2. The van der Waals surface area contributed by atoms with Crippen LogP contribution in [0.5, 0.6) is 11.5 Å². The van der Waals surface area contributed by atoms with E-state index in [9.17, 15) is 22.7 Å². The molecule has 0 saturated heterocycles. The quantitative estimate of drug-likeness (QED) is 0.781. The fourth-order valence-electron chi connectivity index (χ4n) is 3.16. The Bertz CT molecular complexity index is 904. The number of nitrogens with one attached hydrogen (secondary N) is 1. The van der Waals surface area contributed by atoms with Gasteiger partial charge < -0.3 is 9.84 Å². The summed E-state index contributed by atoms with van der Waals surface area (Å²) in [6.45, 7) is 0. The number of halogens is 1. The summed E-state index contributed by atoms with van der Waals surface area (Å²) in [5.41, 5.74) is -1.46. The molecule has 27 heavy (non-hydrogen) atoms. The van der Waals surface area contributed by atoms with Crippen molar-refractivity contribution in [3.05, 3.63) is 54.3 Å². The molecule has 2 aromatic rings. The van der Waals surface area contributed by atoms with Crippen LogP contribution in [-0.4, -0.2) is 25.0 Å². The molecule has 6 nitrogen and oxygen atoms in total. The zero-order valence-corrected chi connectivity index (χ0v) is 15.3. The zero-order valence-electron chi connectivity index (χ0n) is 14.5. The van der Waals surface area contributed by atoms with Crippen LogP contribution in [0.15, 0.2) is 53.4 Å². The molecule has 144 valence electrons. The second kappa shape index (κ2) is 7.66. The van der Waals surface area contributed by atoms with E-state index in [1.54, 1.807) is 0 Å². The molecule has 0 aliphatic heterocycles. The van der Waals surface area contributed by atoms with E-state index in [4.69, 9.17) is 4.74 Å². The molecule has 1 aliphatic carbocycles. The number of benzene rings is 2. The number of hydrogen-bond acceptors (Lipinski definition) is 4. The maximum atomic E-state index is 12.9. The Kier molecular flexibility index (Phi) is 5.48. The van der Waals surface area contributed by atoms with E-state index in [0.717, 1.165) is 6.42 Å². The van der Waals surface area contributed by atoms with Crippen LogP contribution in [0.3, 0.4) is 0 Å². The molecule has 1 fully saturated rings. The van der Waals surface area contributed by atoms with Crippen molar-refractivity contribution in [2.45, 2.75) is 42.5 Å². The van der Waals surface area contributed by atoms with E-state index < -0.39 is 21.5 Å². The van der Waals surface area contributed by atoms with Crippen molar-refractivity contribution in [2.75, 3.05) is 0 Å². The van der Waals surface area contributed by atoms with Gasteiger partial charge in [0.1, 0.15) is 22.9 Å². The van der Waals surface area contributed by atoms with E-state index in [0.29, 0.717) is 24.3 Å². The van der Waals surface area contributed by atoms with Gasteiger partial charge in [-0.1, -0.05) is 19.3 Å². The monoisotopic (exact) mass is 393 g/mol. The zero-order chi connectivity index (χ0) is 19.5. The van der Waals surface area contributed by atoms with E-state index in [1.165, 1.54) is 48.5 Å².